The van der Waals surface area contributed by atoms with E-state index in [-0.39, 0.29) is 17.5 Å². The van der Waals surface area contributed by atoms with Crippen LogP contribution in [0.25, 0.3) is 0 Å². The van der Waals surface area contributed by atoms with Crippen LogP contribution in [-0.4, -0.2) is 55.2 Å². The summed E-state index contributed by atoms with van der Waals surface area (Å²) in [6.45, 7) is 8.95. The molecule has 0 bridgehead atoms. The van der Waals surface area contributed by atoms with Crippen LogP contribution in [0, 0.1) is 0 Å². The number of nitrogens with one attached hydrogen (secondary N) is 1. The number of amides is 1. The predicted octanol–water partition coefficient (Wildman–Crippen LogP) is -0.439. The fourth-order valence-electron chi connectivity index (χ4n) is 1.76. The Balaban J connectivity index is 2.42. The Morgan fingerprint density at radius 2 is 2.25 bits per heavy atom. The Hall–Kier alpha value is -0.650. The Labute approximate surface area is 97.3 Å². The van der Waals surface area contributed by atoms with Crippen LogP contribution in [0.15, 0.2) is 0 Å². The van der Waals surface area contributed by atoms with Gasteiger partial charge in [0.05, 0.1) is 19.8 Å². The highest BCUT2D eigenvalue weighted by atomic mass is 16.5. The summed E-state index contributed by atoms with van der Waals surface area (Å²) in [4.78, 5) is 13.8. The largest absolute Gasteiger partial charge is 0.378 e. The third-order valence-corrected chi connectivity index (χ3v) is 2.48. The van der Waals surface area contributed by atoms with Gasteiger partial charge in [-0.2, -0.15) is 0 Å². The van der Waals surface area contributed by atoms with Crippen molar-refractivity contribution in [2.45, 2.75) is 32.4 Å². The molecule has 0 saturated carbocycles. The summed E-state index contributed by atoms with van der Waals surface area (Å²) in [5, 5.41) is 2.95. The summed E-state index contributed by atoms with van der Waals surface area (Å²) < 4.78 is 5.33. The minimum Gasteiger partial charge on any atom is -0.378 e. The third-order valence-electron chi connectivity index (χ3n) is 2.48. The van der Waals surface area contributed by atoms with Crippen molar-refractivity contribution in [3.63, 3.8) is 0 Å². The van der Waals surface area contributed by atoms with Crippen LogP contribution in [-0.2, 0) is 9.53 Å². The standard InChI is InChI=1S/C11H23N3O2/c1-11(2,3)13-10(15)7-14-4-5-16-8-9(14)6-12/h9H,4-8,12H2,1-3H3,(H,13,15). The number of hydrogen-bond donors (Lipinski definition) is 2. The normalized spacial score (nSPS) is 23.1. The van der Waals surface area contributed by atoms with E-state index in [1.165, 1.54) is 0 Å². The SMILES string of the molecule is CC(C)(C)NC(=O)CN1CCOCC1CN. The molecule has 1 amide bonds. The molecule has 5 heteroatoms. The number of morpholine rings is 1. The first-order valence-electron chi connectivity index (χ1n) is 5.75. The average molecular weight is 229 g/mol. The average Bonchev–Trinajstić information content (AvgIpc) is 2.15. The van der Waals surface area contributed by atoms with Gasteiger partial charge in [0.25, 0.3) is 0 Å². The van der Waals surface area contributed by atoms with Gasteiger partial charge in [-0.05, 0) is 20.8 Å². The lowest BCUT2D eigenvalue weighted by Crippen LogP contribution is -2.54. The summed E-state index contributed by atoms with van der Waals surface area (Å²) in [6, 6.07) is 0.166. The molecule has 0 aromatic carbocycles. The molecule has 1 unspecified atom stereocenters. The Kier molecular flexibility index (Phi) is 4.70. The second kappa shape index (κ2) is 5.61. The van der Waals surface area contributed by atoms with Crippen LogP contribution in [0.3, 0.4) is 0 Å². The molecule has 1 heterocycles. The molecule has 5 nitrogen and oxygen atoms in total. The summed E-state index contributed by atoms with van der Waals surface area (Å²) in [7, 11) is 0. The minimum absolute atomic E-state index is 0.0489. The number of rotatable bonds is 3. The molecule has 94 valence electrons. The molecule has 1 aliphatic rings. The Morgan fingerprint density at radius 3 is 2.81 bits per heavy atom. The minimum atomic E-state index is -0.179. The van der Waals surface area contributed by atoms with Gasteiger partial charge in [0.15, 0.2) is 0 Å². The molecule has 0 aromatic rings. The molecular formula is C11H23N3O2. The van der Waals surface area contributed by atoms with Gasteiger partial charge in [0.1, 0.15) is 0 Å². The number of nitrogens with zero attached hydrogens (tertiary/aromatic N) is 1. The van der Waals surface area contributed by atoms with Crippen molar-refractivity contribution in [2.75, 3.05) is 32.8 Å². The van der Waals surface area contributed by atoms with Crippen molar-refractivity contribution in [1.82, 2.24) is 10.2 Å². The number of carbonyl (C=O) groups is 1. The van der Waals surface area contributed by atoms with Gasteiger partial charge in [-0.15, -0.1) is 0 Å². The van der Waals surface area contributed by atoms with Crippen molar-refractivity contribution >= 4 is 5.91 Å². The molecule has 0 aliphatic carbocycles. The smallest absolute Gasteiger partial charge is 0.234 e. The Bertz CT molecular complexity index is 238. The van der Waals surface area contributed by atoms with Gasteiger partial charge >= 0.3 is 0 Å². The summed E-state index contributed by atoms with van der Waals surface area (Å²) in [5.41, 5.74) is 5.46. The van der Waals surface area contributed by atoms with E-state index >= 15 is 0 Å². The highest BCUT2D eigenvalue weighted by Crippen LogP contribution is 2.06. The number of ether oxygens (including phenoxy) is 1. The predicted molar refractivity (Wildman–Crippen MR) is 63.1 cm³/mol. The molecule has 1 aliphatic heterocycles. The lowest BCUT2D eigenvalue weighted by Gasteiger charge is -2.35. The first-order chi connectivity index (χ1) is 7.42. The van der Waals surface area contributed by atoms with E-state index in [0.29, 0.717) is 26.3 Å². The third kappa shape index (κ3) is 4.47. The first kappa shape index (κ1) is 13.4. The van der Waals surface area contributed by atoms with E-state index < -0.39 is 0 Å². The number of nitrogens with two attached hydrogens (primary N) is 1. The van der Waals surface area contributed by atoms with Crippen LogP contribution in [0.5, 0.6) is 0 Å². The maximum atomic E-state index is 11.8. The van der Waals surface area contributed by atoms with Crippen LogP contribution in [0.1, 0.15) is 20.8 Å². The lowest BCUT2D eigenvalue weighted by atomic mass is 10.1. The zero-order valence-electron chi connectivity index (χ0n) is 10.5. The molecule has 1 saturated heterocycles. The summed E-state index contributed by atoms with van der Waals surface area (Å²) in [5.74, 6) is 0.0489. The molecule has 3 N–H and O–H groups in total. The van der Waals surface area contributed by atoms with E-state index in [1.807, 2.05) is 20.8 Å². The van der Waals surface area contributed by atoms with Crippen molar-refractivity contribution in [3.8, 4) is 0 Å². The number of hydrogen-bond acceptors (Lipinski definition) is 4. The van der Waals surface area contributed by atoms with Crippen LogP contribution in [0.4, 0.5) is 0 Å². The van der Waals surface area contributed by atoms with Gasteiger partial charge in [-0.25, -0.2) is 0 Å². The molecule has 1 fully saturated rings. The zero-order chi connectivity index (χ0) is 12.2. The van der Waals surface area contributed by atoms with E-state index in [4.69, 9.17) is 10.5 Å². The van der Waals surface area contributed by atoms with Crippen molar-refractivity contribution in [1.29, 1.82) is 0 Å². The van der Waals surface area contributed by atoms with E-state index in [9.17, 15) is 4.79 Å². The summed E-state index contributed by atoms with van der Waals surface area (Å²) >= 11 is 0. The molecule has 0 aromatic heterocycles. The lowest BCUT2D eigenvalue weighted by molar-refractivity contribution is -0.125. The van der Waals surface area contributed by atoms with E-state index in [0.717, 1.165) is 6.54 Å². The Morgan fingerprint density at radius 1 is 1.56 bits per heavy atom. The first-order valence-corrected chi connectivity index (χ1v) is 5.75. The monoisotopic (exact) mass is 229 g/mol. The number of carbonyl (C=O) groups excluding carboxylic acids is 1. The topological polar surface area (TPSA) is 67.6 Å². The second-order valence-electron chi connectivity index (χ2n) is 5.23. The molecule has 0 radical (unpaired) electrons. The maximum Gasteiger partial charge on any atom is 0.234 e. The summed E-state index contributed by atoms with van der Waals surface area (Å²) in [6.07, 6.45) is 0. The molecule has 1 atom stereocenters. The second-order valence-corrected chi connectivity index (χ2v) is 5.23. The molecular weight excluding hydrogens is 206 g/mol. The van der Waals surface area contributed by atoms with Crippen molar-refractivity contribution in [2.24, 2.45) is 5.73 Å². The van der Waals surface area contributed by atoms with Gasteiger partial charge < -0.3 is 15.8 Å². The zero-order valence-corrected chi connectivity index (χ0v) is 10.5. The van der Waals surface area contributed by atoms with Crippen LogP contribution >= 0.6 is 0 Å². The molecule has 16 heavy (non-hydrogen) atoms. The highest BCUT2D eigenvalue weighted by Gasteiger charge is 2.24. The van der Waals surface area contributed by atoms with E-state index in [1.54, 1.807) is 0 Å². The fourth-order valence-corrected chi connectivity index (χ4v) is 1.76. The van der Waals surface area contributed by atoms with Gasteiger partial charge in [-0.1, -0.05) is 0 Å². The fraction of sp³-hybridized carbons (Fsp3) is 0.909. The van der Waals surface area contributed by atoms with Crippen molar-refractivity contribution in [3.05, 3.63) is 0 Å². The van der Waals surface area contributed by atoms with Crippen molar-refractivity contribution < 1.29 is 9.53 Å². The van der Waals surface area contributed by atoms with Crippen LogP contribution in [0.2, 0.25) is 0 Å². The molecule has 0 spiro atoms. The maximum absolute atomic E-state index is 11.8. The van der Waals surface area contributed by atoms with Gasteiger partial charge in [0.2, 0.25) is 5.91 Å². The van der Waals surface area contributed by atoms with E-state index in [2.05, 4.69) is 10.2 Å². The van der Waals surface area contributed by atoms with Gasteiger partial charge in [-0.3, -0.25) is 9.69 Å². The van der Waals surface area contributed by atoms with Gasteiger partial charge in [0, 0.05) is 24.7 Å². The molecule has 1 rings (SSSR count). The highest BCUT2D eigenvalue weighted by molar-refractivity contribution is 5.78. The quantitative estimate of drug-likeness (QED) is 0.688. The van der Waals surface area contributed by atoms with Crippen LogP contribution < -0.4 is 11.1 Å².